The van der Waals surface area contributed by atoms with Gasteiger partial charge in [0.15, 0.2) is 12.2 Å². The van der Waals surface area contributed by atoms with Gasteiger partial charge in [0, 0.05) is 0 Å². The summed E-state index contributed by atoms with van der Waals surface area (Å²) in [6.07, 6.45) is -11.3. The molecule has 0 aliphatic carbocycles. The Bertz CT molecular complexity index is 588. The van der Waals surface area contributed by atoms with E-state index in [-0.39, 0.29) is 6.61 Å². The maximum Gasteiger partial charge on any atom is 0.337 e. The van der Waals surface area contributed by atoms with Gasteiger partial charge >= 0.3 is 5.97 Å². The molecule has 0 bridgehead atoms. The molecule has 1 N–H and O–H groups in total. The van der Waals surface area contributed by atoms with E-state index < -0.39 is 73.7 Å². The third kappa shape index (κ3) is 8.40. The Morgan fingerprint density at radius 1 is 1.04 bits per heavy atom. The Labute approximate surface area is 156 Å². The number of aliphatic hydroxyl groups is 1. The normalized spacial score (nSPS) is 17.2. The zero-order valence-electron chi connectivity index (χ0n) is 16.1. The molecule has 0 rings (SSSR count). The van der Waals surface area contributed by atoms with Crippen molar-refractivity contribution in [3.63, 3.8) is 0 Å². The van der Waals surface area contributed by atoms with Crippen LogP contribution in [0.2, 0.25) is 0 Å². The van der Waals surface area contributed by atoms with Gasteiger partial charge in [-0.05, 0) is 22.9 Å². The van der Waals surface area contributed by atoms with Gasteiger partial charge < -0.3 is 38.4 Å². The van der Waals surface area contributed by atoms with Crippen LogP contribution in [0.3, 0.4) is 0 Å². The van der Waals surface area contributed by atoms with Crippen molar-refractivity contribution >= 4 is 45.4 Å². The lowest BCUT2D eigenvalue weighted by Gasteiger charge is -2.32. The van der Waals surface area contributed by atoms with Crippen LogP contribution in [0.25, 0.3) is 0 Å². The molecule has 0 unspecified atom stereocenters. The number of esters is 1. The molecule has 25 heavy (non-hydrogen) atoms. The largest absolute Gasteiger partial charge is 0.464 e. The molecule has 0 amide bonds. The van der Waals surface area contributed by atoms with Crippen molar-refractivity contribution in [2.75, 3.05) is 26.4 Å². The number of carbonyl (C=O) groups is 5. The van der Waals surface area contributed by atoms with Gasteiger partial charge in [0.25, 0.3) is 0 Å². The number of aliphatic hydroxyl groups excluding tert-OH is 1. The molecule has 10 nitrogen and oxygen atoms in total. The highest BCUT2D eigenvalue weighted by Gasteiger charge is 2.42. The van der Waals surface area contributed by atoms with Crippen LogP contribution >= 0.6 is 15.9 Å². The van der Waals surface area contributed by atoms with Crippen LogP contribution in [-0.2, 0) is 42.9 Å². The summed E-state index contributed by atoms with van der Waals surface area (Å²) in [6, 6.07) is 0. The molecule has 142 valence electrons. The van der Waals surface area contributed by atoms with Crippen molar-refractivity contribution in [3.8, 4) is 0 Å². The Morgan fingerprint density at radius 3 is 1.96 bits per heavy atom. The van der Waals surface area contributed by atoms with Crippen LogP contribution in [0, 0.1) is 0 Å². The number of rotatable bonds is 15. The van der Waals surface area contributed by atoms with E-state index in [4.69, 9.17) is 18.3 Å². The van der Waals surface area contributed by atoms with Crippen LogP contribution in [0.4, 0.5) is 0 Å². The maximum absolute atomic E-state index is 11.9. The first-order valence-electron chi connectivity index (χ1n) is 8.38. The molecule has 0 heterocycles. The predicted molar refractivity (Wildman–Crippen MR) is 84.0 cm³/mol. The highest BCUT2D eigenvalue weighted by atomic mass is 79.9. The van der Waals surface area contributed by atoms with Gasteiger partial charge in [0.2, 0.25) is 4.69 Å². The molecule has 0 spiro atoms. The van der Waals surface area contributed by atoms with Crippen LogP contribution in [0.5, 0.6) is 0 Å². The zero-order valence-corrected chi connectivity index (χ0v) is 14.7. The van der Waals surface area contributed by atoms with E-state index in [2.05, 4.69) is 20.7 Å². The molecule has 0 aromatic heterocycles. The van der Waals surface area contributed by atoms with Gasteiger partial charge in [-0.3, -0.25) is 4.79 Å². The molecule has 4 atom stereocenters. The fourth-order valence-electron chi connectivity index (χ4n) is 1.76. The molecule has 0 aromatic carbocycles. The van der Waals surface area contributed by atoms with Gasteiger partial charge in [0.05, 0.1) is 6.61 Å². The molecule has 0 saturated carbocycles. The topological polar surface area (TPSA) is 142 Å². The molecule has 0 radical (unpaired) electrons. The average Bonchev–Trinajstić information content (AvgIpc) is 2.57. The van der Waals surface area contributed by atoms with Crippen molar-refractivity contribution in [1.82, 2.24) is 0 Å². The Morgan fingerprint density at radius 2 is 1.52 bits per heavy atom. The van der Waals surface area contributed by atoms with Crippen LogP contribution in [0.15, 0.2) is 0 Å². The minimum Gasteiger partial charge on any atom is -0.464 e. The second-order valence-electron chi connectivity index (χ2n) is 4.22. The van der Waals surface area contributed by atoms with Gasteiger partial charge in [-0.25, -0.2) is 4.79 Å². The van der Waals surface area contributed by atoms with E-state index in [1.165, 1.54) is 6.92 Å². The minimum absolute atomic E-state index is 0.138. The fraction of sp³-hybridized carbons (Fsp3) is 0.643. The molecular formula is C14H19BrO10. The van der Waals surface area contributed by atoms with Crippen LogP contribution in [-0.4, -0.2) is 85.4 Å². The minimum atomic E-state index is -2.14. The van der Waals surface area contributed by atoms with Crippen LogP contribution in [0.1, 0.15) is 11.0 Å². The third-order valence-electron chi connectivity index (χ3n) is 2.68. The molecule has 0 aliphatic heterocycles. The summed E-state index contributed by atoms with van der Waals surface area (Å²) in [5.41, 5.74) is 0. The predicted octanol–water partition coefficient (Wildman–Crippen LogP) is -1.42. The number of hydrogen-bond acceptors (Lipinski definition) is 10. The molecular weight excluding hydrogens is 408 g/mol. The summed E-state index contributed by atoms with van der Waals surface area (Å²) in [5, 5.41) is 10.2. The Balaban J connectivity index is 5.89. The van der Waals surface area contributed by atoms with Gasteiger partial charge in [-0.1, -0.05) is 0 Å². The Hall–Kier alpha value is -1.53. The molecule has 0 aliphatic rings. The van der Waals surface area contributed by atoms with Gasteiger partial charge in [-0.2, -0.15) is 0 Å². The van der Waals surface area contributed by atoms with Crippen molar-refractivity contribution < 1.29 is 52.1 Å². The molecule has 11 heteroatoms. The average molecular weight is 430 g/mol. The fourth-order valence-corrected chi connectivity index (χ4v) is 2.15. The van der Waals surface area contributed by atoms with E-state index in [0.717, 1.165) is 0 Å². The molecule has 0 fully saturated rings. The van der Waals surface area contributed by atoms with E-state index in [1.807, 2.05) is 0 Å². The Kier molecular flexibility index (Phi) is 10.0. The number of carbonyl (C=O) groups excluding carboxylic acids is 5. The lowest BCUT2D eigenvalue weighted by Crippen LogP contribution is -2.53. The summed E-state index contributed by atoms with van der Waals surface area (Å²) in [5.74, 6) is -1.23. The first-order chi connectivity index (χ1) is 13.0. The van der Waals surface area contributed by atoms with E-state index >= 15 is 0 Å². The highest BCUT2D eigenvalue weighted by Crippen LogP contribution is 2.19. The maximum atomic E-state index is 11.9. The first kappa shape index (κ1) is 18.3. The monoisotopic (exact) mass is 429 g/mol. The van der Waals surface area contributed by atoms with Gasteiger partial charge in [-0.15, -0.1) is 0 Å². The third-order valence-corrected chi connectivity index (χ3v) is 3.13. The lowest BCUT2D eigenvalue weighted by atomic mass is 10.0. The number of halogens is 1. The number of hydrogen-bond donors (Lipinski definition) is 1. The summed E-state index contributed by atoms with van der Waals surface area (Å²) >= 11 is 2.56. The lowest BCUT2D eigenvalue weighted by molar-refractivity contribution is -0.187. The van der Waals surface area contributed by atoms with Gasteiger partial charge in [0.1, 0.15) is 54.9 Å². The highest BCUT2D eigenvalue weighted by molar-refractivity contribution is 9.18. The van der Waals surface area contributed by atoms with Crippen LogP contribution < -0.4 is 0 Å². The van der Waals surface area contributed by atoms with E-state index in [0.29, 0.717) is 0 Å². The number of ether oxygens (including phenoxy) is 4. The standard InChI is InChI=1S/C14H19BrO10/c1-2-22-14(21)9(19)10(23-6-3-16)11(24-7-4-17)12(13(15)20)25-8-5-18/h3-5,9-12,19H,2,6-8H2,1H3/t9-,10+,11-,12+/m0/s1/i3D,4D,5D. The van der Waals surface area contributed by atoms with Crippen molar-refractivity contribution in [3.05, 3.63) is 0 Å². The van der Waals surface area contributed by atoms with Crippen molar-refractivity contribution in [1.29, 1.82) is 0 Å². The molecule has 0 saturated heterocycles. The second-order valence-corrected chi connectivity index (χ2v) is 5.00. The summed E-state index contributed by atoms with van der Waals surface area (Å²) in [7, 11) is 0. The summed E-state index contributed by atoms with van der Waals surface area (Å²) in [4.78, 5) is 56.4. The smallest absolute Gasteiger partial charge is 0.337 e. The summed E-state index contributed by atoms with van der Waals surface area (Å²) in [6.45, 7) is -1.45. The first-order valence-corrected chi connectivity index (χ1v) is 7.67. The number of aldehydes is 3. The summed E-state index contributed by atoms with van der Waals surface area (Å²) < 4.78 is 39.2. The van der Waals surface area contributed by atoms with E-state index in [1.54, 1.807) is 0 Å². The van der Waals surface area contributed by atoms with Crippen molar-refractivity contribution in [2.24, 2.45) is 0 Å². The molecule has 0 aromatic rings. The quantitative estimate of drug-likeness (QED) is 0.187. The second kappa shape index (κ2) is 13.7. The van der Waals surface area contributed by atoms with E-state index in [9.17, 15) is 29.1 Å². The zero-order chi connectivity index (χ0) is 21.9. The SMILES string of the molecule is [2H]C(=O)CO[C@@H]([C@H](OCC([2H])=O)[C@@H](OCC([2H])=O)C(=O)Br)[C@H](O)C(=O)OCC. The van der Waals surface area contributed by atoms with Crippen molar-refractivity contribution in [2.45, 2.75) is 31.3 Å².